The van der Waals surface area contributed by atoms with E-state index in [0.29, 0.717) is 6.42 Å². The van der Waals surface area contributed by atoms with Gasteiger partial charge in [0.1, 0.15) is 17.8 Å². The molecule has 1 aromatic carbocycles. The first-order valence-corrected chi connectivity index (χ1v) is 11.4. The van der Waals surface area contributed by atoms with E-state index in [4.69, 9.17) is 0 Å². The molecule has 0 aliphatic rings. The molecule has 0 radical (unpaired) electrons. The Labute approximate surface area is 200 Å². The number of nitrogens with zero attached hydrogens (tertiary/aromatic N) is 1. The summed E-state index contributed by atoms with van der Waals surface area (Å²) in [6.07, 6.45) is 1.99. The van der Waals surface area contributed by atoms with E-state index in [9.17, 15) is 19.2 Å². The van der Waals surface area contributed by atoms with E-state index in [0.717, 1.165) is 5.56 Å². The predicted molar refractivity (Wildman–Crippen MR) is 130 cm³/mol. The minimum atomic E-state index is -1.08. The van der Waals surface area contributed by atoms with Gasteiger partial charge in [-0.3, -0.25) is 24.2 Å². The van der Waals surface area contributed by atoms with Crippen LogP contribution in [-0.2, 0) is 20.8 Å². The molecular formula is C26H34N4O4. The maximum Gasteiger partial charge on any atom is 0.290 e. The Bertz CT molecular complexity index is 985. The highest BCUT2D eigenvalue weighted by Gasteiger charge is 2.32. The second-order valence-corrected chi connectivity index (χ2v) is 9.69. The summed E-state index contributed by atoms with van der Waals surface area (Å²) in [6.45, 7) is 9.17. The fourth-order valence-corrected chi connectivity index (χ4v) is 3.32. The average molecular weight is 467 g/mol. The summed E-state index contributed by atoms with van der Waals surface area (Å²) in [6, 6.07) is 12.1. The number of aromatic nitrogens is 1. The third-order valence-corrected chi connectivity index (χ3v) is 4.85. The van der Waals surface area contributed by atoms with Crippen molar-refractivity contribution in [2.45, 2.75) is 65.1 Å². The monoisotopic (exact) mass is 466 g/mol. The van der Waals surface area contributed by atoms with Gasteiger partial charge in [-0.1, -0.05) is 50.2 Å². The van der Waals surface area contributed by atoms with Crippen LogP contribution in [0.15, 0.2) is 54.7 Å². The van der Waals surface area contributed by atoms with Crippen molar-refractivity contribution >= 4 is 23.5 Å². The van der Waals surface area contributed by atoms with Gasteiger partial charge in [-0.15, -0.1) is 0 Å². The lowest BCUT2D eigenvalue weighted by molar-refractivity contribution is -0.141. The quantitative estimate of drug-likeness (QED) is 0.465. The van der Waals surface area contributed by atoms with Gasteiger partial charge in [-0.05, 0) is 50.8 Å². The first-order valence-electron chi connectivity index (χ1n) is 11.4. The zero-order valence-electron chi connectivity index (χ0n) is 20.4. The maximum absolute atomic E-state index is 13.2. The Hall–Kier alpha value is -3.55. The molecule has 2 unspecified atom stereocenters. The average Bonchev–Trinajstić information content (AvgIpc) is 2.77. The molecule has 0 saturated heterocycles. The molecule has 34 heavy (non-hydrogen) atoms. The van der Waals surface area contributed by atoms with Crippen LogP contribution in [-0.4, -0.2) is 46.1 Å². The zero-order valence-corrected chi connectivity index (χ0v) is 20.4. The number of pyridine rings is 1. The largest absolute Gasteiger partial charge is 0.345 e. The van der Waals surface area contributed by atoms with E-state index in [1.807, 2.05) is 44.2 Å². The van der Waals surface area contributed by atoms with Crippen LogP contribution in [0.25, 0.3) is 0 Å². The number of carbonyl (C=O) groups excluding carboxylic acids is 4. The van der Waals surface area contributed by atoms with Gasteiger partial charge in [0.05, 0.1) is 0 Å². The van der Waals surface area contributed by atoms with E-state index >= 15 is 0 Å². The molecule has 0 spiro atoms. The van der Waals surface area contributed by atoms with Gasteiger partial charge in [0, 0.05) is 18.2 Å². The Kier molecular flexibility index (Phi) is 9.47. The van der Waals surface area contributed by atoms with E-state index in [2.05, 4.69) is 20.9 Å². The van der Waals surface area contributed by atoms with E-state index < -0.39 is 41.1 Å². The van der Waals surface area contributed by atoms with Gasteiger partial charge < -0.3 is 16.0 Å². The van der Waals surface area contributed by atoms with Crippen LogP contribution >= 0.6 is 0 Å². The normalized spacial score (nSPS) is 13.0. The summed E-state index contributed by atoms with van der Waals surface area (Å²) < 4.78 is 0. The van der Waals surface area contributed by atoms with Crippen molar-refractivity contribution in [3.63, 3.8) is 0 Å². The van der Waals surface area contributed by atoms with Crippen LogP contribution < -0.4 is 16.0 Å². The van der Waals surface area contributed by atoms with Crippen molar-refractivity contribution in [1.82, 2.24) is 20.9 Å². The third kappa shape index (κ3) is 8.77. The van der Waals surface area contributed by atoms with E-state index in [1.54, 1.807) is 39.0 Å². The number of benzene rings is 1. The lowest BCUT2D eigenvalue weighted by Gasteiger charge is -2.25. The molecule has 0 aliphatic heterocycles. The first kappa shape index (κ1) is 26.7. The first-order chi connectivity index (χ1) is 16.0. The number of hydrogen-bond donors (Lipinski definition) is 3. The second kappa shape index (κ2) is 12.1. The Balaban J connectivity index is 2.24. The number of Topliss-reactive ketones (excluding diaryl/α,β-unsaturated/α-hetero) is 1. The molecule has 0 saturated carbocycles. The molecule has 2 rings (SSSR count). The number of hydrogen-bond acceptors (Lipinski definition) is 5. The Morgan fingerprint density at radius 2 is 1.53 bits per heavy atom. The fourth-order valence-electron chi connectivity index (χ4n) is 3.32. The van der Waals surface area contributed by atoms with Crippen LogP contribution in [0.3, 0.4) is 0 Å². The summed E-state index contributed by atoms with van der Waals surface area (Å²) in [5.41, 5.74) is 0.374. The molecule has 8 heteroatoms. The SMILES string of the molecule is CC(C)CC(NC(=O)c1ccccn1)C(=O)NC(Cc1ccccc1)C(=O)C(=O)NC(C)(C)C. The van der Waals surface area contributed by atoms with E-state index in [1.165, 1.54) is 6.20 Å². The van der Waals surface area contributed by atoms with Gasteiger partial charge in [0.25, 0.3) is 11.8 Å². The fraction of sp³-hybridized carbons (Fsp3) is 0.423. The lowest BCUT2D eigenvalue weighted by Crippen LogP contribution is -2.56. The van der Waals surface area contributed by atoms with Gasteiger partial charge in [-0.25, -0.2) is 0 Å². The molecule has 0 aliphatic carbocycles. The summed E-state index contributed by atoms with van der Waals surface area (Å²) in [4.78, 5) is 55.5. The third-order valence-electron chi connectivity index (χ3n) is 4.85. The standard InChI is InChI=1S/C26H34N4O4/c1-17(2)15-21(29-23(32)19-13-9-10-14-27-19)24(33)28-20(16-18-11-7-6-8-12-18)22(31)25(34)30-26(3,4)5/h6-14,17,20-21H,15-16H2,1-5H3,(H,28,33)(H,29,32)(H,30,34). The number of ketones is 1. The number of rotatable bonds is 10. The van der Waals surface area contributed by atoms with Gasteiger partial charge in [0.2, 0.25) is 11.7 Å². The topological polar surface area (TPSA) is 117 Å². The summed E-state index contributed by atoms with van der Waals surface area (Å²) in [7, 11) is 0. The number of amides is 3. The van der Waals surface area contributed by atoms with Crippen molar-refractivity contribution in [2.75, 3.05) is 0 Å². The smallest absolute Gasteiger partial charge is 0.290 e. The van der Waals surface area contributed by atoms with Crippen LogP contribution in [0.1, 0.15) is 57.1 Å². The summed E-state index contributed by atoms with van der Waals surface area (Å²) in [5.74, 6) is -2.45. The molecule has 2 atom stereocenters. The van der Waals surface area contributed by atoms with Crippen LogP contribution in [0.2, 0.25) is 0 Å². The molecule has 1 heterocycles. The molecular weight excluding hydrogens is 432 g/mol. The van der Waals surface area contributed by atoms with Crippen molar-refractivity contribution in [3.8, 4) is 0 Å². The zero-order chi connectivity index (χ0) is 25.3. The maximum atomic E-state index is 13.2. The molecule has 1 aromatic heterocycles. The van der Waals surface area contributed by atoms with Gasteiger partial charge >= 0.3 is 0 Å². The Morgan fingerprint density at radius 1 is 0.882 bits per heavy atom. The highest BCUT2D eigenvalue weighted by atomic mass is 16.2. The molecule has 0 fully saturated rings. The van der Waals surface area contributed by atoms with Crippen LogP contribution in [0.4, 0.5) is 0 Å². The van der Waals surface area contributed by atoms with Crippen molar-refractivity contribution < 1.29 is 19.2 Å². The van der Waals surface area contributed by atoms with Crippen molar-refractivity contribution in [3.05, 3.63) is 66.0 Å². The predicted octanol–water partition coefficient (Wildman–Crippen LogP) is 2.44. The van der Waals surface area contributed by atoms with Crippen LogP contribution in [0.5, 0.6) is 0 Å². The van der Waals surface area contributed by atoms with Gasteiger partial charge in [0.15, 0.2) is 0 Å². The Morgan fingerprint density at radius 3 is 2.09 bits per heavy atom. The van der Waals surface area contributed by atoms with Crippen LogP contribution in [0, 0.1) is 5.92 Å². The van der Waals surface area contributed by atoms with E-state index in [-0.39, 0.29) is 18.0 Å². The minimum Gasteiger partial charge on any atom is -0.345 e. The highest BCUT2D eigenvalue weighted by Crippen LogP contribution is 2.10. The molecule has 3 amide bonds. The van der Waals surface area contributed by atoms with Crippen molar-refractivity contribution in [1.29, 1.82) is 0 Å². The molecule has 0 bridgehead atoms. The second-order valence-electron chi connectivity index (χ2n) is 9.69. The summed E-state index contributed by atoms with van der Waals surface area (Å²) in [5, 5.41) is 8.08. The number of carbonyl (C=O) groups is 4. The molecule has 182 valence electrons. The summed E-state index contributed by atoms with van der Waals surface area (Å²) >= 11 is 0. The van der Waals surface area contributed by atoms with Crippen molar-refractivity contribution in [2.24, 2.45) is 5.92 Å². The number of nitrogens with one attached hydrogen (secondary N) is 3. The lowest BCUT2D eigenvalue weighted by atomic mass is 9.98. The highest BCUT2D eigenvalue weighted by molar-refractivity contribution is 6.38. The molecule has 3 N–H and O–H groups in total. The van der Waals surface area contributed by atoms with Gasteiger partial charge in [-0.2, -0.15) is 0 Å². The molecule has 8 nitrogen and oxygen atoms in total. The minimum absolute atomic E-state index is 0.0900. The molecule has 2 aromatic rings.